The van der Waals surface area contributed by atoms with E-state index in [0.29, 0.717) is 18.9 Å². The van der Waals surface area contributed by atoms with Gasteiger partial charge >= 0.3 is 6.61 Å². The fraction of sp³-hybridized carbons (Fsp3) is 0.235. The SMILES string of the molecule is CN(CCOc1ccc(Br)cc1)C(=O)c1cccc(OC(F)F)c1. The molecule has 0 aromatic heterocycles. The van der Waals surface area contributed by atoms with Crippen LogP contribution in [0.2, 0.25) is 0 Å². The zero-order valence-electron chi connectivity index (χ0n) is 12.9. The predicted molar refractivity (Wildman–Crippen MR) is 89.7 cm³/mol. The number of amides is 1. The van der Waals surface area contributed by atoms with Gasteiger partial charge in [0.2, 0.25) is 0 Å². The molecule has 0 unspecified atom stereocenters. The molecular weight excluding hydrogens is 384 g/mol. The number of hydrogen-bond acceptors (Lipinski definition) is 3. The fourth-order valence-electron chi connectivity index (χ4n) is 1.96. The summed E-state index contributed by atoms with van der Waals surface area (Å²) in [7, 11) is 1.62. The smallest absolute Gasteiger partial charge is 0.387 e. The number of carbonyl (C=O) groups excluding carboxylic acids is 1. The lowest BCUT2D eigenvalue weighted by Gasteiger charge is -2.18. The molecule has 0 heterocycles. The molecule has 2 rings (SSSR count). The Balaban J connectivity index is 1.88. The predicted octanol–water partition coefficient (Wildman–Crippen LogP) is 4.20. The number of halogens is 3. The zero-order valence-corrected chi connectivity index (χ0v) is 14.5. The minimum Gasteiger partial charge on any atom is -0.492 e. The van der Waals surface area contributed by atoms with Crippen molar-refractivity contribution < 1.29 is 23.0 Å². The molecule has 128 valence electrons. The highest BCUT2D eigenvalue weighted by Crippen LogP contribution is 2.18. The van der Waals surface area contributed by atoms with E-state index in [0.717, 1.165) is 4.47 Å². The molecule has 1 amide bonds. The molecule has 4 nitrogen and oxygen atoms in total. The molecule has 24 heavy (non-hydrogen) atoms. The van der Waals surface area contributed by atoms with Crippen molar-refractivity contribution in [1.82, 2.24) is 4.90 Å². The first-order valence-corrected chi connectivity index (χ1v) is 7.93. The molecule has 2 aromatic carbocycles. The van der Waals surface area contributed by atoms with E-state index in [9.17, 15) is 13.6 Å². The van der Waals surface area contributed by atoms with Crippen molar-refractivity contribution in [3.63, 3.8) is 0 Å². The highest BCUT2D eigenvalue weighted by atomic mass is 79.9. The Kier molecular flexibility index (Phi) is 6.54. The average molecular weight is 400 g/mol. The van der Waals surface area contributed by atoms with Gasteiger partial charge in [-0.05, 0) is 42.5 Å². The van der Waals surface area contributed by atoms with Gasteiger partial charge in [-0.25, -0.2) is 0 Å². The van der Waals surface area contributed by atoms with E-state index in [4.69, 9.17) is 4.74 Å². The summed E-state index contributed by atoms with van der Waals surface area (Å²) in [6, 6.07) is 13.1. The largest absolute Gasteiger partial charge is 0.492 e. The van der Waals surface area contributed by atoms with Crippen LogP contribution in [0.25, 0.3) is 0 Å². The monoisotopic (exact) mass is 399 g/mol. The highest BCUT2D eigenvalue weighted by Gasteiger charge is 2.13. The quantitative estimate of drug-likeness (QED) is 0.700. The average Bonchev–Trinajstić information content (AvgIpc) is 2.55. The van der Waals surface area contributed by atoms with Crippen LogP contribution >= 0.6 is 15.9 Å². The molecule has 0 spiro atoms. The first-order chi connectivity index (χ1) is 11.5. The summed E-state index contributed by atoms with van der Waals surface area (Å²) in [5.41, 5.74) is 0.277. The Bertz CT molecular complexity index is 680. The Morgan fingerprint density at radius 3 is 2.54 bits per heavy atom. The van der Waals surface area contributed by atoms with E-state index < -0.39 is 6.61 Å². The third-order valence-electron chi connectivity index (χ3n) is 3.16. The van der Waals surface area contributed by atoms with Crippen LogP contribution in [0.1, 0.15) is 10.4 Å². The maximum Gasteiger partial charge on any atom is 0.387 e. The summed E-state index contributed by atoms with van der Waals surface area (Å²) in [4.78, 5) is 13.7. The molecule has 7 heteroatoms. The molecule has 0 bridgehead atoms. The molecule has 0 radical (unpaired) electrons. The summed E-state index contributed by atoms with van der Waals surface area (Å²) in [6.45, 7) is -2.25. The molecule has 0 fully saturated rings. The Labute approximate surface area is 147 Å². The van der Waals surface area contributed by atoms with Crippen LogP contribution in [0.4, 0.5) is 8.78 Å². The molecule has 2 aromatic rings. The molecule has 0 saturated heterocycles. The van der Waals surface area contributed by atoms with Gasteiger partial charge in [0.15, 0.2) is 0 Å². The van der Waals surface area contributed by atoms with Crippen molar-refractivity contribution in [3.8, 4) is 11.5 Å². The first-order valence-electron chi connectivity index (χ1n) is 7.14. The maximum absolute atomic E-state index is 12.3. The standard InChI is InChI=1S/C17H16BrF2NO3/c1-21(9-10-23-14-7-5-13(18)6-8-14)16(22)12-3-2-4-15(11-12)24-17(19)20/h2-8,11,17H,9-10H2,1H3. The lowest BCUT2D eigenvalue weighted by atomic mass is 10.2. The Hall–Kier alpha value is -2.15. The number of nitrogens with zero attached hydrogens (tertiary/aromatic N) is 1. The number of hydrogen-bond donors (Lipinski definition) is 0. The van der Waals surface area contributed by atoms with E-state index in [2.05, 4.69) is 20.7 Å². The third kappa shape index (κ3) is 5.49. The summed E-state index contributed by atoms with van der Waals surface area (Å²) in [5, 5.41) is 0. The van der Waals surface area contributed by atoms with Crippen LogP contribution in [0.5, 0.6) is 11.5 Å². The van der Waals surface area contributed by atoms with Gasteiger partial charge in [0.1, 0.15) is 18.1 Å². The second-order valence-corrected chi connectivity index (χ2v) is 5.85. The van der Waals surface area contributed by atoms with E-state index >= 15 is 0 Å². The number of rotatable bonds is 7. The van der Waals surface area contributed by atoms with Crippen molar-refractivity contribution in [2.75, 3.05) is 20.2 Å². The molecular formula is C17H16BrF2NO3. The minimum absolute atomic E-state index is 0.0460. The van der Waals surface area contributed by atoms with Gasteiger partial charge in [-0.15, -0.1) is 0 Å². The van der Waals surface area contributed by atoms with Gasteiger partial charge in [0.05, 0.1) is 6.54 Å². The molecule has 0 aliphatic heterocycles. The minimum atomic E-state index is -2.92. The van der Waals surface area contributed by atoms with Crippen molar-refractivity contribution >= 4 is 21.8 Å². The van der Waals surface area contributed by atoms with Gasteiger partial charge in [0.25, 0.3) is 5.91 Å². The Morgan fingerprint density at radius 2 is 1.88 bits per heavy atom. The van der Waals surface area contributed by atoms with E-state index in [-0.39, 0.29) is 17.2 Å². The summed E-state index contributed by atoms with van der Waals surface area (Å²) < 4.78 is 35.3. The first kappa shape index (κ1) is 18.2. The second kappa shape index (κ2) is 8.63. The number of likely N-dealkylation sites (N-methyl/N-ethyl adjacent to an activating group) is 1. The second-order valence-electron chi connectivity index (χ2n) is 4.94. The zero-order chi connectivity index (χ0) is 17.5. The van der Waals surface area contributed by atoms with Gasteiger partial charge in [-0.3, -0.25) is 4.79 Å². The van der Waals surface area contributed by atoms with Crippen molar-refractivity contribution in [3.05, 3.63) is 58.6 Å². The maximum atomic E-state index is 12.3. The summed E-state index contributed by atoms with van der Waals surface area (Å²) in [6.07, 6.45) is 0. The number of alkyl halides is 2. The lowest BCUT2D eigenvalue weighted by molar-refractivity contribution is -0.0499. The van der Waals surface area contributed by atoms with Crippen molar-refractivity contribution in [1.29, 1.82) is 0 Å². The van der Waals surface area contributed by atoms with Gasteiger partial charge in [-0.2, -0.15) is 8.78 Å². The van der Waals surface area contributed by atoms with E-state index in [1.165, 1.54) is 23.1 Å². The molecule has 0 atom stereocenters. The normalized spacial score (nSPS) is 10.5. The number of ether oxygens (including phenoxy) is 2. The van der Waals surface area contributed by atoms with Crippen LogP contribution < -0.4 is 9.47 Å². The fourth-order valence-corrected chi connectivity index (χ4v) is 2.22. The molecule has 0 N–H and O–H groups in total. The molecule has 0 aliphatic carbocycles. The van der Waals surface area contributed by atoms with Crippen LogP contribution in [0.3, 0.4) is 0 Å². The highest BCUT2D eigenvalue weighted by molar-refractivity contribution is 9.10. The summed E-state index contributed by atoms with van der Waals surface area (Å²) >= 11 is 3.34. The molecule has 0 aliphatic rings. The van der Waals surface area contributed by atoms with E-state index in [1.807, 2.05) is 24.3 Å². The summed E-state index contributed by atoms with van der Waals surface area (Å²) in [5.74, 6) is 0.357. The number of carbonyl (C=O) groups is 1. The van der Waals surface area contributed by atoms with Crippen LogP contribution in [-0.2, 0) is 0 Å². The van der Waals surface area contributed by atoms with Crippen LogP contribution in [-0.4, -0.2) is 37.6 Å². The Morgan fingerprint density at radius 1 is 1.17 bits per heavy atom. The van der Waals surface area contributed by atoms with Crippen LogP contribution in [0.15, 0.2) is 53.0 Å². The van der Waals surface area contributed by atoms with Crippen molar-refractivity contribution in [2.45, 2.75) is 6.61 Å². The number of benzene rings is 2. The van der Waals surface area contributed by atoms with Crippen LogP contribution in [0, 0.1) is 0 Å². The third-order valence-corrected chi connectivity index (χ3v) is 3.69. The van der Waals surface area contributed by atoms with Gasteiger partial charge < -0.3 is 14.4 Å². The molecule has 0 saturated carbocycles. The lowest BCUT2D eigenvalue weighted by Crippen LogP contribution is -2.30. The van der Waals surface area contributed by atoms with Crippen molar-refractivity contribution in [2.24, 2.45) is 0 Å². The van der Waals surface area contributed by atoms with Gasteiger partial charge in [-0.1, -0.05) is 22.0 Å². The van der Waals surface area contributed by atoms with Gasteiger partial charge in [0, 0.05) is 17.1 Å². The topological polar surface area (TPSA) is 38.8 Å². The van der Waals surface area contributed by atoms with E-state index in [1.54, 1.807) is 13.1 Å².